The lowest BCUT2D eigenvalue weighted by atomic mass is 9.85. The van der Waals surface area contributed by atoms with Gasteiger partial charge in [-0.15, -0.1) is 0 Å². The maximum atomic E-state index is 12.9. The zero-order chi connectivity index (χ0) is 19.4. The fourth-order valence-electron chi connectivity index (χ4n) is 3.39. The first kappa shape index (κ1) is 19.2. The van der Waals surface area contributed by atoms with E-state index in [0.29, 0.717) is 24.2 Å². The van der Waals surface area contributed by atoms with Gasteiger partial charge in [-0.05, 0) is 43.5 Å². The molecule has 3 rings (SSSR count). The standard InChI is InChI=1S/C20H22F3N3O/c1-26(17-8-3-2-4-9-17)18-11-10-14(13-24-18)19(27)25-16-7-5-6-15(12-16)20(21,22)23/h2-4,8-11,13,15-16H,5-7,12H2,1H3,(H,25,27). The van der Waals surface area contributed by atoms with Gasteiger partial charge < -0.3 is 10.2 Å². The number of hydrogen-bond donors (Lipinski definition) is 1. The van der Waals surface area contributed by atoms with Gasteiger partial charge in [0.05, 0.1) is 11.5 Å². The van der Waals surface area contributed by atoms with Crippen LogP contribution in [0.3, 0.4) is 0 Å². The molecule has 1 aromatic heterocycles. The van der Waals surface area contributed by atoms with Crippen LogP contribution in [0.25, 0.3) is 0 Å². The highest BCUT2D eigenvalue weighted by molar-refractivity contribution is 5.94. The number of carbonyl (C=O) groups is 1. The number of hydrogen-bond acceptors (Lipinski definition) is 3. The van der Waals surface area contributed by atoms with Gasteiger partial charge in [-0.1, -0.05) is 24.6 Å². The van der Waals surface area contributed by atoms with Crippen LogP contribution in [0.5, 0.6) is 0 Å². The summed E-state index contributed by atoms with van der Waals surface area (Å²) in [6, 6.07) is 12.6. The number of carbonyl (C=O) groups excluding carboxylic acids is 1. The summed E-state index contributed by atoms with van der Waals surface area (Å²) in [6.45, 7) is 0. The van der Waals surface area contributed by atoms with E-state index in [0.717, 1.165) is 5.69 Å². The summed E-state index contributed by atoms with van der Waals surface area (Å²) in [6.07, 6.45) is -1.63. The number of aromatic nitrogens is 1. The normalized spacial score (nSPS) is 20.1. The second-order valence-corrected chi connectivity index (χ2v) is 6.88. The molecule has 2 aromatic rings. The molecule has 4 nitrogen and oxygen atoms in total. The van der Waals surface area contributed by atoms with Crippen molar-refractivity contribution in [2.45, 2.75) is 37.9 Å². The van der Waals surface area contributed by atoms with E-state index in [1.54, 1.807) is 12.1 Å². The van der Waals surface area contributed by atoms with Crippen molar-refractivity contribution < 1.29 is 18.0 Å². The first-order chi connectivity index (χ1) is 12.8. The highest BCUT2D eigenvalue weighted by atomic mass is 19.4. The molecule has 0 spiro atoms. The lowest BCUT2D eigenvalue weighted by Crippen LogP contribution is -2.41. The second kappa shape index (κ2) is 7.98. The number of nitrogens with zero attached hydrogens (tertiary/aromatic N) is 2. The van der Waals surface area contributed by atoms with Gasteiger partial charge in [0.2, 0.25) is 0 Å². The van der Waals surface area contributed by atoms with Crippen LogP contribution in [-0.4, -0.2) is 30.2 Å². The van der Waals surface area contributed by atoms with Crippen molar-refractivity contribution in [1.29, 1.82) is 0 Å². The van der Waals surface area contributed by atoms with Crippen LogP contribution in [0.2, 0.25) is 0 Å². The van der Waals surface area contributed by atoms with Crippen molar-refractivity contribution in [2.24, 2.45) is 5.92 Å². The van der Waals surface area contributed by atoms with E-state index in [1.165, 1.54) is 6.20 Å². The van der Waals surface area contributed by atoms with Gasteiger partial charge in [0.15, 0.2) is 0 Å². The molecule has 144 valence electrons. The summed E-state index contributed by atoms with van der Waals surface area (Å²) < 4.78 is 38.7. The Morgan fingerprint density at radius 2 is 1.89 bits per heavy atom. The van der Waals surface area contributed by atoms with Crippen LogP contribution >= 0.6 is 0 Å². The predicted octanol–water partition coefficient (Wildman–Crippen LogP) is 4.70. The van der Waals surface area contributed by atoms with Gasteiger partial charge in [0, 0.05) is 25.0 Å². The van der Waals surface area contributed by atoms with Gasteiger partial charge in [0.1, 0.15) is 5.82 Å². The Hall–Kier alpha value is -2.57. The third-order valence-corrected chi connectivity index (χ3v) is 4.97. The first-order valence-electron chi connectivity index (χ1n) is 8.97. The van der Waals surface area contributed by atoms with E-state index in [9.17, 15) is 18.0 Å². The molecule has 0 saturated heterocycles. The van der Waals surface area contributed by atoms with Crippen molar-refractivity contribution in [3.05, 3.63) is 54.2 Å². The smallest absolute Gasteiger partial charge is 0.349 e. The average Bonchev–Trinajstić information content (AvgIpc) is 2.68. The molecule has 1 aliphatic carbocycles. The van der Waals surface area contributed by atoms with E-state index < -0.39 is 18.1 Å². The molecule has 0 radical (unpaired) electrons. The van der Waals surface area contributed by atoms with Crippen molar-refractivity contribution >= 4 is 17.4 Å². The van der Waals surface area contributed by atoms with Crippen LogP contribution in [-0.2, 0) is 0 Å². The Labute approximate surface area is 156 Å². The minimum absolute atomic E-state index is 0.0580. The number of anilines is 2. The van der Waals surface area contributed by atoms with Gasteiger partial charge in [-0.25, -0.2) is 4.98 Å². The maximum Gasteiger partial charge on any atom is 0.391 e. The molecular formula is C20H22F3N3O. The number of halogens is 3. The van der Waals surface area contributed by atoms with Crippen LogP contribution in [0.4, 0.5) is 24.7 Å². The van der Waals surface area contributed by atoms with Crippen molar-refractivity contribution in [2.75, 3.05) is 11.9 Å². The van der Waals surface area contributed by atoms with Crippen molar-refractivity contribution in [3.63, 3.8) is 0 Å². The molecule has 0 aliphatic heterocycles. The molecule has 1 fully saturated rings. The summed E-state index contributed by atoms with van der Waals surface area (Å²) >= 11 is 0. The van der Waals surface area contributed by atoms with Crippen LogP contribution in [0.1, 0.15) is 36.0 Å². The van der Waals surface area contributed by atoms with Crippen LogP contribution in [0.15, 0.2) is 48.7 Å². The number of para-hydroxylation sites is 1. The van der Waals surface area contributed by atoms with Gasteiger partial charge in [-0.3, -0.25) is 4.79 Å². The minimum Gasteiger partial charge on any atom is -0.349 e. The SMILES string of the molecule is CN(c1ccccc1)c1ccc(C(=O)NC2CCCC(C(F)(F)F)C2)cn1. The number of pyridine rings is 1. The van der Waals surface area contributed by atoms with Gasteiger partial charge in [-0.2, -0.15) is 13.2 Å². The first-order valence-corrected chi connectivity index (χ1v) is 8.97. The summed E-state index contributed by atoms with van der Waals surface area (Å²) in [7, 11) is 1.87. The maximum absolute atomic E-state index is 12.9. The van der Waals surface area contributed by atoms with E-state index in [1.807, 2.05) is 42.3 Å². The molecule has 7 heteroatoms. The molecule has 1 aromatic carbocycles. The van der Waals surface area contributed by atoms with Crippen molar-refractivity contribution in [3.8, 4) is 0 Å². The molecule has 1 aliphatic rings. The highest BCUT2D eigenvalue weighted by Crippen LogP contribution is 2.37. The fraction of sp³-hybridized carbons (Fsp3) is 0.400. The predicted molar refractivity (Wildman–Crippen MR) is 98.0 cm³/mol. The van der Waals surface area contributed by atoms with E-state index >= 15 is 0 Å². The Kier molecular flexibility index (Phi) is 5.68. The molecule has 2 unspecified atom stereocenters. The number of rotatable bonds is 4. The number of alkyl halides is 3. The summed E-state index contributed by atoms with van der Waals surface area (Å²) in [5.74, 6) is -1.05. The number of nitrogens with one attached hydrogen (secondary N) is 1. The Morgan fingerprint density at radius 1 is 1.15 bits per heavy atom. The molecule has 1 N–H and O–H groups in total. The largest absolute Gasteiger partial charge is 0.391 e. The summed E-state index contributed by atoms with van der Waals surface area (Å²) in [5.41, 5.74) is 1.30. The van der Waals surface area contributed by atoms with Crippen LogP contribution in [0, 0.1) is 5.92 Å². The number of benzene rings is 1. The zero-order valence-electron chi connectivity index (χ0n) is 15.0. The quantitative estimate of drug-likeness (QED) is 0.840. The molecule has 1 amide bonds. The van der Waals surface area contributed by atoms with E-state index in [-0.39, 0.29) is 18.7 Å². The van der Waals surface area contributed by atoms with Crippen LogP contribution < -0.4 is 10.2 Å². The van der Waals surface area contributed by atoms with Gasteiger partial charge in [0.25, 0.3) is 5.91 Å². The molecule has 1 saturated carbocycles. The minimum atomic E-state index is -4.20. The molecule has 1 heterocycles. The average molecular weight is 377 g/mol. The van der Waals surface area contributed by atoms with Gasteiger partial charge >= 0.3 is 6.18 Å². The zero-order valence-corrected chi connectivity index (χ0v) is 15.0. The monoisotopic (exact) mass is 377 g/mol. The lowest BCUT2D eigenvalue weighted by Gasteiger charge is -2.31. The highest BCUT2D eigenvalue weighted by Gasteiger charge is 2.42. The second-order valence-electron chi connectivity index (χ2n) is 6.88. The fourth-order valence-corrected chi connectivity index (χ4v) is 3.39. The number of amides is 1. The Morgan fingerprint density at radius 3 is 2.52 bits per heavy atom. The topological polar surface area (TPSA) is 45.2 Å². The summed E-state index contributed by atoms with van der Waals surface area (Å²) in [4.78, 5) is 18.6. The third kappa shape index (κ3) is 4.78. The van der Waals surface area contributed by atoms with E-state index in [2.05, 4.69) is 10.3 Å². The lowest BCUT2D eigenvalue weighted by molar-refractivity contribution is -0.183. The molecule has 2 atom stereocenters. The molecular weight excluding hydrogens is 355 g/mol. The molecule has 0 bridgehead atoms. The molecule has 27 heavy (non-hydrogen) atoms. The van der Waals surface area contributed by atoms with E-state index in [4.69, 9.17) is 0 Å². The Balaban J connectivity index is 1.62. The summed E-state index contributed by atoms with van der Waals surface area (Å²) in [5, 5.41) is 2.73. The third-order valence-electron chi connectivity index (χ3n) is 4.97. The Bertz CT molecular complexity index is 762. The van der Waals surface area contributed by atoms with Crippen molar-refractivity contribution in [1.82, 2.24) is 10.3 Å².